The highest BCUT2D eigenvalue weighted by molar-refractivity contribution is 5.86. The van der Waals surface area contributed by atoms with Crippen LogP contribution >= 0.6 is 0 Å². The van der Waals surface area contributed by atoms with E-state index in [0.717, 1.165) is 0 Å². The molecule has 0 aliphatic carbocycles. The van der Waals surface area contributed by atoms with E-state index in [2.05, 4.69) is 61.3 Å². The van der Waals surface area contributed by atoms with E-state index in [1.807, 2.05) is 0 Å². The van der Waals surface area contributed by atoms with Gasteiger partial charge in [-0.3, -0.25) is 4.90 Å². The van der Waals surface area contributed by atoms with Crippen molar-refractivity contribution in [1.29, 1.82) is 0 Å². The zero-order chi connectivity index (χ0) is 14.5. The smallest absolute Gasteiger partial charge is 0.0615 e. The van der Waals surface area contributed by atoms with Crippen LogP contribution in [0, 0.1) is 0 Å². The Hall–Kier alpha value is -1.42. The molecule has 2 rings (SSSR count). The van der Waals surface area contributed by atoms with Gasteiger partial charge in [0, 0.05) is 25.7 Å². The van der Waals surface area contributed by atoms with Gasteiger partial charge in [0.1, 0.15) is 0 Å². The van der Waals surface area contributed by atoms with Crippen molar-refractivity contribution in [3.05, 3.63) is 48.0 Å². The van der Waals surface area contributed by atoms with Crippen molar-refractivity contribution in [2.24, 2.45) is 5.73 Å². The molecule has 0 fully saturated rings. The van der Waals surface area contributed by atoms with Crippen LogP contribution in [0.25, 0.3) is 10.8 Å². The first-order valence-electron chi connectivity index (χ1n) is 7.07. The zero-order valence-electron chi connectivity index (χ0n) is 12.5. The van der Waals surface area contributed by atoms with Crippen molar-refractivity contribution in [3.8, 4) is 0 Å². The van der Waals surface area contributed by atoms with Crippen LogP contribution in [0.5, 0.6) is 0 Å². The Kier molecular flexibility index (Phi) is 5.12. The first-order valence-corrected chi connectivity index (χ1v) is 7.07. The molecule has 0 bridgehead atoms. The van der Waals surface area contributed by atoms with Gasteiger partial charge in [-0.1, -0.05) is 42.5 Å². The molecule has 2 aromatic carbocycles. The van der Waals surface area contributed by atoms with E-state index < -0.39 is 0 Å². The van der Waals surface area contributed by atoms with Gasteiger partial charge in [0.15, 0.2) is 0 Å². The number of nitrogens with zero attached hydrogens (tertiary/aromatic N) is 1. The molecule has 20 heavy (non-hydrogen) atoms. The van der Waals surface area contributed by atoms with Crippen molar-refractivity contribution in [2.45, 2.75) is 19.0 Å². The van der Waals surface area contributed by atoms with Crippen LogP contribution in [0.1, 0.15) is 18.5 Å². The van der Waals surface area contributed by atoms with E-state index in [9.17, 15) is 0 Å². The summed E-state index contributed by atoms with van der Waals surface area (Å²) in [5.41, 5.74) is 7.34. The Morgan fingerprint density at radius 2 is 1.85 bits per heavy atom. The molecular weight excluding hydrogens is 248 g/mol. The Morgan fingerprint density at radius 1 is 1.15 bits per heavy atom. The van der Waals surface area contributed by atoms with Gasteiger partial charge in [-0.15, -0.1) is 0 Å². The predicted molar refractivity (Wildman–Crippen MR) is 84.8 cm³/mol. The molecule has 0 heterocycles. The highest BCUT2D eigenvalue weighted by Crippen LogP contribution is 2.28. The Balaban J connectivity index is 2.39. The third-order valence-corrected chi connectivity index (χ3v) is 4.00. The number of benzene rings is 2. The Labute approximate surface area is 121 Å². The van der Waals surface area contributed by atoms with Crippen LogP contribution in [0.4, 0.5) is 0 Å². The summed E-state index contributed by atoms with van der Waals surface area (Å²) < 4.78 is 5.26. The summed E-state index contributed by atoms with van der Waals surface area (Å²) in [5.74, 6) is 0. The van der Waals surface area contributed by atoms with E-state index in [-0.39, 0.29) is 6.04 Å². The summed E-state index contributed by atoms with van der Waals surface area (Å²) in [7, 11) is 3.85. The summed E-state index contributed by atoms with van der Waals surface area (Å²) in [4.78, 5) is 2.30. The van der Waals surface area contributed by atoms with Gasteiger partial charge in [-0.25, -0.2) is 0 Å². The van der Waals surface area contributed by atoms with E-state index >= 15 is 0 Å². The first kappa shape index (κ1) is 15.0. The van der Waals surface area contributed by atoms with Gasteiger partial charge in [-0.2, -0.15) is 0 Å². The molecule has 3 heteroatoms. The molecule has 0 amide bonds. The fourth-order valence-corrected chi connectivity index (χ4v) is 2.72. The molecule has 2 atom stereocenters. The molecule has 0 aromatic heterocycles. The average Bonchev–Trinajstić information content (AvgIpc) is 2.48. The summed E-state index contributed by atoms with van der Waals surface area (Å²) >= 11 is 0. The molecule has 0 saturated carbocycles. The summed E-state index contributed by atoms with van der Waals surface area (Å²) in [6.07, 6.45) is 0. The zero-order valence-corrected chi connectivity index (χ0v) is 12.5. The number of hydrogen-bond donors (Lipinski definition) is 1. The molecule has 0 aliphatic heterocycles. The number of ether oxygens (including phenoxy) is 1. The molecular formula is C17H24N2O. The molecule has 108 valence electrons. The number of methoxy groups -OCH3 is 1. The molecule has 0 saturated heterocycles. The molecule has 2 unspecified atom stereocenters. The lowest BCUT2D eigenvalue weighted by Gasteiger charge is -2.33. The van der Waals surface area contributed by atoms with Gasteiger partial charge < -0.3 is 10.5 Å². The normalized spacial score (nSPS) is 14.7. The quantitative estimate of drug-likeness (QED) is 0.879. The lowest BCUT2D eigenvalue weighted by Crippen LogP contribution is -2.39. The molecule has 0 spiro atoms. The van der Waals surface area contributed by atoms with Crippen LogP contribution in [0.15, 0.2) is 42.5 Å². The lowest BCUT2D eigenvalue weighted by atomic mass is 9.97. The van der Waals surface area contributed by atoms with E-state index in [1.54, 1.807) is 7.11 Å². The second-order valence-electron chi connectivity index (χ2n) is 5.29. The first-order chi connectivity index (χ1) is 9.69. The Bertz CT molecular complexity index is 550. The van der Waals surface area contributed by atoms with Gasteiger partial charge in [0.2, 0.25) is 0 Å². The van der Waals surface area contributed by atoms with Crippen molar-refractivity contribution in [3.63, 3.8) is 0 Å². The number of rotatable bonds is 6. The highest BCUT2D eigenvalue weighted by Gasteiger charge is 2.21. The van der Waals surface area contributed by atoms with Gasteiger partial charge >= 0.3 is 0 Å². The topological polar surface area (TPSA) is 38.5 Å². The van der Waals surface area contributed by atoms with Gasteiger partial charge in [0.05, 0.1) is 6.61 Å². The second kappa shape index (κ2) is 6.84. The minimum atomic E-state index is 0.200. The Morgan fingerprint density at radius 3 is 2.55 bits per heavy atom. The monoisotopic (exact) mass is 272 g/mol. The number of likely N-dealkylation sites (N-methyl/N-ethyl adjacent to an activating group) is 1. The minimum absolute atomic E-state index is 0.200. The van der Waals surface area contributed by atoms with E-state index in [1.165, 1.54) is 16.3 Å². The molecule has 0 radical (unpaired) electrons. The summed E-state index contributed by atoms with van der Waals surface area (Å²) in [6.45, 7) is 3.47. The maximum Gasteiger partial charge on any atom is 0.0615 e. The number of nitrogens with two attached hydrogens (primary N) is 1. The third-order valence-electron chi connectivity index (χ3n) is 4.00. The molecule has 2 N–H and O–H groups in total. The van der Waals surface area contributed by atoms with Crippen LogP contribution in [0.2, 0.25) is 0 Å². The largest absolute Gasteiger partial charge is 0.383 e. The molecule has 2 aromatic rings. The standard InChI is InChI=1S/C17H24N2O/c1-13(12-20-3)19(2)17(11-18)16-10-6-8-14-7-4-5-9-15(14)16/h4-10,13,17H,11-12,18H2,1-3H3. The molecule has 0 aliphatic rings. The van der Waals surface area contributed by atoms with Crippen molar-refractivity contribution >= 4 is 10.8 Å². The summed E-state index contributed by atoms with van der Waals surface area (Å²) in [5, 5.41) is 2.54. The van der Waals surface area contributed by atoms with E-state index in [4.69, 9.17) is 10.5 Å². The number of hydrogen-bond acceptors (Lipinski definition) is 3. The maximum absolute atomic E-state index is 6.05. The predicted octanol–water partition coefficient (Wildman–Crippen LogP) is 2.81. The van der Waals surface area contributed by atoms with E-state index in [0.29, 0.717) is 19.2 Å². The maximum atomic E-state index is 6.05. The average molecular weight is 272 g/mol. The van der Waals surface area contributed by atoms with Crippen LogP contribution in [0.3, 0.4) is 0 Å². The van der Waals surface area contributed by atoms with Gasteiger partial charge in [0.25, 0.3) is 0 Å². The second-order valence-corrected chi connectivity index (χ2v) is 5.29. The van der Waals surface area contributed by atoms with Crippen molar-refractivity contribution < 1.29 is 4.74 Å². The van der Waals surface area contributed by atoms with Crippen molar-refractivity contribution in [1.82, 2.24) is 4.90 Å². The fourth-order valence-electron chi connectivity index (χ4n) is 2.72. The lowest BCUT2D eigenvalue weighted by molar-refractivity contribution is 0.0914. The summed E-state index contributed by atoms with van der Waals surface area (Å²) in [6, 6.07) is 15.4. The van der Waals surface area contributed by atoms with Gasteiger partial charge in [-0.05, 0) is 30.3 Å². The molecule has 3 nitrogen and oxygen atoms in total. The van der Waals surface area contributed by atoms with Crippen LogP contribution < -0.4 is 5.73 Å². The third kappa shape index (κ3) is 3.01. The SMILES string of the molecule is COCC(C)N(C)C(CN)c1cccc2ccccc12. The van der Waals surface area contributed by atoms with Crippen LogP contribution in [-0.2, 0) is 4.74 Å². The number of fused-ring (bicyclic) bond motifs is 1. The minimum Gasteiger partial charge on any atom is -0.383 e. The highest BCUT2D eigenvalue weighted by atomic mass is 16.5. The fraction of sp³-hybridized carbons (Fsp3) is 0.412. The van der Waals surface area contributed by atoms with Crippen LogP contribution in [-0.4, -0.2) is 38.3 Å². The van der Waals surface area contributed by atoms with Crippen molar-refractivity contribution in [2.75, 3.05) is 27.3 Å².